The van der Waals surface area contributed by atoms with E-state index in [0.717, 1.165) is 24.8 Å². The molecule has 1 N–H and O–H groups in total. The first kappa shape index (κ1) is 11.4. The first-order valence-corrected chi connectivity index (χ1v) is 6.06. The predicted octanol–water partition coefficient (Wildman–Crippen LogP) is 1.54. The molecule has 1 saturated carbocycles. The van der Waals surface area contributed by atoms with Crippen LogP contribution >= 0.6 is 0 Å². The summed E-state index contributed by atoms with van der Waals surface area (Å²) in [5, 5.41) is 3.50. The minimum absolute atomic E-state index is 0.110. The van der Waals surface area contributed by atoms with Crippen molar-refractivity contribution in [2.24, 2.45) is 5.92 Å². The lowest BCUT2D eigenvalue weighted by molar-refractivity contribution is 0.433. The molecule has 1 aromatic heterocycles. The van der Waals surface area contributed by atoms with Crippen LogP contribution in [0.1, 0.15) is 25.5 Å². The molecule has 0 spiro atoms. The summed E-state index contributed by atoms with van der Waals surface area (Å²) in [7, 11) is 0. The molecule has 88 valence electrons. The average molecular weight is 220 g/mol. The molecule has 3 nitrogen and oxygen atoms in total. The molecule has 1 atom stereocenters. The Kier molecular flexibility index (Phi) is 3.44. The van der Waals surface area contributed by atoms with E-state index in [1.807, 2.05) is 23.6 Å². The Bertz CT molecular complexity index is 407. The number of aromatic nitrogens is 1. The summed E-state index contributed by atoms with van der Waals surface area (Å²) in [6.07, 6.45) is 2.63. The smallest absolute Gasteiger partial charge is 0.250 e. The Morgan fingerprint density at radius 1 is 1.50 bits per heavy atom. The normalized spacial score (nSPS) is 17.4. The number of hydrogen-bond acceptors (Lipinski definition) is 2. The fourth-order valence-electron chi connectivity index (χ4n) is 1.89. The molecule has 2 rings (SSSR count). The summed E-state index contributed by atoms with van der Waals surface area (Å²) in [6.45, 7) is 5.99. The molecule has 1 heterocycles. The van der Waals surface area contributed by atoms with Gasteiger partial charge in [-0.3, -0.25) is 4.79 Å². The molecule has 3 heteroatoms. The maximum Gasteiger partial charge on any atom is 0.250 e. The monoisotopic (exact) mass is 220 g/mol. The zero-order valence-corrected chi connectivity index (χ0v) is 10.1. The molecule has 0 amide bonds. The Labute approximate surface area is 96.5 Å². The van der Waals surface area contributed by atoms with Gasteiger partial charge in [0.1, 0.15) is 0 Å². The third-order valence-electron chi connectivity index (χ3n) is 3.09. The van der Waals surface area contributed by atoms with Crippen LogP contribution in [0.2, 0.25) is 0 Å². The van der Waals surface area contributed by atoms with Crippen molar-refractivity contribution in [3.8, 4) is 0 Å². The van der Waals surface area contributed by atoms with Crippen molar-refractivity contribution in [2.45, 2.75) is 39.3 Å². The van der Waals surface area contributed by atoms with Gasteiger partial charge in [-0.25, -0.2) is 0 Å². The molecule has 16 heavy (non-hydrogen) atoms. The molecule has 0 radical (unpaired) electrons. The van der Waals surface area contributed by atoms with Crippen molar-refractivity contribution in [1.29, 1.82) is 0 Å². The minimum atomic E-state index is 0.110. The molecule has 1 aliphatic rings. The first-order valence-electron chi connectivity index (χ1n) is 6.06. The van der Waals surface area contributed by atoms with Gasteiger partial charge in [0, 0.05) is 24.3 Å². The standard InChI is InChI=1S/C13H20N2O/c1-10(8-14-12-6-7-12)9-15-11(2)4-3-5-13(15)16/h3-5,10,12,14H,6-9H2,1-2H3. The maximum absolute atomic E-state index is 11.7. The Morgan fingerprint density at radius 2 is 2.25 bits per heavy atom. The number of aryl methyl sites for hydroxylation is 1. The Hall–Kier alpha value is -1.09. The van der Waals surface area contributed by atoms with E-state index in [0.29, 0.717) is 5.92 Å². The van der Waals surface area contributed by atoms with Crippen molar-refractivity contribution in [1.82, 2.24) is 9.88 Å². The third-order valence-corrected chi connectivity index (χ3v) is 3.09. The number of pyridine rings is 1. The van der Waals surface area contributed by atoms with E-state index in [9.17, 15) is 4.79 Å². The summed E-state index contributed by atoms with van der Waals surface area (Å²) >= 11 is 0. The second-order valence-corrected chi connectivity index (χ2v) is 4.90. The number of nitrogens with one attached hydrogen (secondary N) is 1. The highest BCUT2D eigenvalue weighted by atomic mass is 16.1. The van der Waals surface area contributed by atoms with Gasteiger partial charge in [-0.1, -0.05) is 13.0 Å². The van der Waals surface area contributed by atoms with Crippen LogP contribution < -0.4 is 10.9 Å². The van der Waals surface area contributed by atoms with Crippen LogP contribution in [0.5, 0.6) is 0 Å². The van der Waals surface area contributed by atoms with E-state index in [2.05, 4.69) is 12.2 Å². The summed E-state index contributed by atoms with van der Waals surface area (Å²) in [4.78, 5) is 11.7. The van der Waals surface area contributed by atoms with Crippen molar-refractivity contribution in [3.63, 3.8) is 0 Å². The molecule has 1 unspecified atom stereocenters. The van der Waals surface area contributed by atoms with Gasteiger partial charge in [-0.2, -0.15) is 0 Å². The summed E-state index contributed by atoms with van der Waals surface area (Å²) in [5.41, 5.74) is 1.16. The number of rotatable bonds is 5. The fourth-order valence-corrected chi connectivity index (χ4v) is 1.89. The molecule has 0 bridgehead atoms. The zero-order chi connectivity index (χ0) is 11.5. The van der Waals surface area contributed by atoms with Gasteiger partial charge < -0.3 is 9.88 Å². The topological polar surface area (TPSA) is 34.0 Å². The Morgan fingerprint density at radius 3 is 2.88 bits per heavy atom. The van der Waals surface area contributed by atoms with E-state index < -0.39 is 0 Å². The number of nitrogens with zero attached hydrogens (tertiary/aromatic N) is 1. The van der Waals surface area contributed by atoms with Crippen molar-refractivity contribution >= 4 is 0 Å². The van der Waals surface area contributed by atoms with Gasteiger partial charge in [0.15, 0.2) is 0 Å². The highest BCUT2D eigenvalue weighted by Gasteiger charge is 2.20. The van der Waals surface area contributed by atoms with E-state index >= 15 is 0 Å². The van der Waals surface area contributed by atoms with Gasteiger partial charge in [0.25, 0.3) is 5.56 Å². The van der Waals surface area contributed by atoms with Crippen molar-refractivity contribution in [3.05, 3.63) is 34.2 Å². The molecule has 1 aliphatic carbocycles. The van der Waals surface area contributed by atoms with E-state index in [4.69, 9.17) is 0 Å². The predicted molar refractivity (Wildman–Crippen MR) is 65.6 cm³/mol. The third kappa shape index (κ3) is 2.95. The first-order chi connectivity index (χ1) is 7.66. The van der Waals surface area contributed by atoms with Crippen LogP contribution in [-0.2, 0) is 6.54 Å². The lowest BCUT2D eigenvalue weighted by atomic mass is 10.1. The van der Waals surface area contributed by atoms with Crippen molar-refractivity contribution < 1.29 is 0 Å². The molecule has 0 aliphatic heterocycles. The van der Waals surface area contributed by atoms with Crippen LogP contribution in [0.3, 0.4) is 0 Å². The highest BCUT2D eigenvalue weighted by molar-refractivity contribution is 5.04. The van der Waals surface area contributed by atoms with Crippen LogP contribution in [-0.4, -0.2) is 17.2 Å². The maximum atomic E-state index is 11.7. The number of hydrogen-bond donors (Lipinski definition) is 1. The van der Waals surface area contributed by atoms with E-state index in [1.165, 1.54) is 12.8 Å². The van der Waals surface area contributed by atoms with E-state index in [1.54, 1.807) is 6.07 Å². The summed E-state index contributed by atoms with van der Waals surface area (Å²) in [5.74, 6) is 0.499. The largest absolute Gasteiger partial charge is 0.314 e. The van der Waals surface area contributed by atoms with Crippen LogP contribution in [0.4, 0.5) is 0 Å². The van der Waals surface area contributed by atoms with Crippen molar-refractivity contribution in [2.75, 3.05) is 6.54 Å². The highest BCUT2D eigenvalue weighted by Crippen LogP contribution is 2.18. The van der Waals surface area contributed by atoms with Gasteiger partial charge in [-0.05, 0) is 38.3 Å². The molecule has 1 fully saturated rings. The molecular formula is C13H20N2O. The Balaban J connectivity index is 1.93. The molecule has 1 aromatic rings. The van der Waals surface area contributed by atoms with Crippen LogP contribution in [0.15, 0.2) is 23.0 Å². The van der Waals surface area contributed by atoms with Gasteiger partial charge in [0.05, 0.1) is 0 Å². The summed E-state index contributed by atoms with van der Waals surface area (Å²) < 4.78 is 1.86. The SMILES string of the molecule is Cc1cccc(=O)n1CC(C)CNC1CC1. The molecular weight excluding hydrogens is 200 g/mol. The molecule has 0 aromatic carbocycles. The zero-order valence-electron chi connectivity index (χ0n) is 10.1. The van der Waals surface area contributed by atoms with Gasteiger partial charge in [-0.15, -0.1) is 0 Å². The fraction of sp³-hybridized carbons (Fsp3) is 0.615. The minimum Gasteiger partial charge on any atom is -0.314 e. The van der Waals surface area contributed by atoms with Crippen LogP contribution in [0.25, 0.3) is 0 Å². The van der Waals surface area contributed by atoms with Crippen LogP contribution in [0, 0.1) is 12.8 Å². The average Bonchev–Trinajstić information content (AvgIpc) is 3.04. The lowest BCUT2D eigenvalue weighted by Crippen LogP contribution is -2.30. The summed E-state index contributed by atoms with van der Waals surface area (Å²) in [6, 6.07) is 6.19. The quantitative estimate of drug-likeness (QED) is 0.817. The molecule has 0 saturated heterocycles. The van der Waals surface area contributed by atoms with Gasteiger partial charge >= 0.3 is 0 Å². The second kappa shape index (κ2) is 4.83. The van der Waals surface area contributed by atoms with E-state index in [-0.39, 0.29) is 5.56 Å². The van der Waals surface area contributed by atoms with Gasteiger partial charge in [0.2, 0.25) is 0 Å². The lowest BCUT2D eigenvalue weighted by Gasteiger charge is -2.16. The second-order valence-electron chi connectivity index (χ2n) is 4.90.